The van der Waals surface area contributed by atoms with Gasteiger partial charge in [-0.1, -0.05) is 34.1 Å². The van der Waals surface area contributed by atoms with Gasteiger partial charge in [0.15, 0.2) is 0 Å². The molecule has 0 unspecified atom stereocenters. The average molecular weight is 263 g/mol. The Morgan fingerprint density at radius 2 is 1.63 bits per heavy atom. The molecule has 0 spiro atoms. The molecule has 0 aromatic heterocycles. The summed E-state index contributed by atoms with van der Waals surface area (Å²) in [6.45, 7) is 13.1. The van der Waals surface area contributed by atoms with Crippen molar-refractivity contribution in [2.45, 2.75) is 66.2 Å². The first-order chi connectivity index (χ1) is 9.09. The van der Waals surface area contributed by atoms with Gasteiger partial charge in [-0.05, 0) is 50.1 Å². The summed E-state index contributed by atoms with van der Waals surface area (Å²) in [4.78, 5) is 2.60. The minimum Gasteiger partial charge on any atom is -0.302 e. The topological polar surface area (TPSA) is 3.24 Å². The molecular weight excluding hydrogens is 230 g/mol. The number of piperidine rings is 1. The van der Waals surface area contributed by atoms with Crippen LogP contribution in [0.2, 0.25) is 0 Å². The van der Waals surface area contributed by atoms with Gasteiger partial charge in [-0.15, -0.1) is 11.8 Å². The number of hydrogen-bond donors (Lipinski definition) is 0. The van der Waals surface area contributed by atoms with Crippen molar-refractivity contribution >= 4 is 0 Å². The maximum atomic E-state index is 3.35. The lowest BCUT2D eigenvalue weighted by Gasteiger charge is -2.33. The average Bonchev–Trinajstić information content (AvgIpc) is 2.38. The van der Waals surface area contributed by atoms with E-state index >= 15 is 0 Å². The Kier molecular flexibility index (Phi) is 8.22. The van der Waals surface area contributed by atoms with Crippen LogP contribution in [0.4, 0.5) is 0 Å². The van der Waals surface area contributed by atoms with E-state index in [-0.39, 0.29) is 0 Å². The fourth-order valence-electron chi connectivity index (χ4n) is 2.83. The normalized spacial score (nSPS) is 17.8. The molecule has 0 radical (unpaired) electrons. The van der Waals surface area contributed by atoms with Gasteiger partial charge in [0.25, 0.3) is 0 Å². The molecule has 0 atom stereocenters. The molecule has 0 aromatic rings. The van der Waals surface area contributed by atoms with Crippen LogP contribution in [0.15, 0.2) is 0 Å². The first-order valence-corrected chi connectivity index (χ1v) is 8.27. The van der Waals surface area contributed by atoms with Gasteiger partial charge in [-0.3, -0.25) is 0 Å². The van der Waals surface area contributed by atoms with Crippen molar-refractivity contribution in [3.05, 3.63) is 0 Å². The lowest BCUT2D eigenvalue weighted by atomic mass is 9.87. The Morgan fingerprint density at radius 1 is 1.00 bits per heavy atom. The summed E-state index contributed by atoms with van der Waals surface area (Å²) < 4.78 is 0. The first kappa shape index (κ1) is 16.6. The van der Waals surface area contributed by atoms with E-state index in [2.05, 4.69) is 44.4 Å². The van der Waals surface area contributed by atoms with E-state index in [0.29, 0.717) is 0 Å². The van der Waals surface area contributed by atoms with Crippen LogP contribution in [0, 0.1) is 29.6 Å². The summed E-state index contributed by atoms with van der Waals surface area (Å²) in [7, 11) is 0. The molecule has 0 bridgehead atoms. The van der Waals surface area contributed by atoms with Crippen molar-refractivity contribution in [2.75, 3.05) is 19.6 Å². The standard InChI is InChI=1S/C18H33N/c1-16(2)10-8-6-5-7-9-13-19-14-11-18(12-15-19)17(3)4/h16-18H,6,8-15H2,1-4H3. The molecule has 19 heavy (non-hydrogen) atoms. The van der Waals surface area contributed by atoms with Crippen LogP contribution in [0.25, 0.3) is 0 Å². The zero-order valence-electron chi connectivity index (χ0n) is 13.5. The number of unbranched alkanes of at least 4 members (excludes halogenated alkanes) is 1. The maximum absolute atomic E-state index is 3.35. The first-order valence-electron chi connectivity index (χ1n) is 8.27. The Hall–Kier alpha value is -0.480. The molecule has 1 nitrogen and oxygen atoms in total. The third-order valence-electron chi connectivity index (χ3n) is 4.34. The minimum absolute atomic E-state index is 0.823. The van der Waals surface area contributed by atoms with E-state index in [1.807, 2.05) is 0 Å². The predicted octanol–water partition coefficient (Wildman–Crippen LogP) is 4.57. The van der Waals surface area contributed by atoms with Crippen molar-refractivity contribution in [3.63, 3.8) is 0 Å². The van der Waals surface area contributed by atoms with E-state index in [9.17, 15) is 0 Å². The quantitative estimate of drug-likeness (QED) is 0.501. The highest BCUT2D eigenvalue weighted by molar-refractivity contribution is 4.99. The molecule has 110 valence electrons. The minimum atomic E-state index is 0.823. The van der Waals surface area contributed by atoms with Crippen molar-refractivity contribution in [2.24, 2.45) is 17.8 Å². The van der Waals surface area contributed by atoms with Gasteiger partial charge in [0.05, 0.1) is 0 Å². The van der Waals surface area contributed by atoms with Crippen molar-refractivity contribution < 1.29 is 0 Å². The fourth-order valence-corrected chi connectivity index (χ4v) is 2.83. The second-order valence-electron chi connectivity index (χ2n) is 6.81. The molecular formula is C18H33N. The van der Waals surface area contributed by atoms with Crippen molar-refractivity contribution in [1.82, 2.24) is 4.90 Å². The van der Waals surface area contributed by atoms with Crippen LogP contribution in [-0.4, -0.2) is 24.5 Å². The maximum Gasteiger partial charge on any atom is 0.0217 e. The highest BCUT2D eigenvalue weighted by Gasteiger charge is 2.20. The van der Waals surface area contributed by atoms with Crippen molar-refractivity contribution in [3.8, 4) is 11.8 Å². The van der Waals surface area contributed by atoms with Gasteiger partial charge in [0.1, 0.15) is 0 Å². The summed E-state index contributed by atoms with van der Waals surface area (Å²) in [5.74, 6) is 9.32. The zero-order valence-corrected chi connectivity index (χ0v) is 13.5. The Bertz CT molecular complexity index is 274. The zero-order chi connectivity index (χ0) is 14.1. The largest absolute Gasteiger partial charge is 0.302 e. The third kappa shape index (κ3) is 7.63. The third-order valence-corrected chi connectivity index (χ3v) is 4.34. The summed E-state index contributed by atoms with van der Waals surface area (Å²) in [5.41, 5.74) is 0. The van der Waals surface area contributed by atoms with Crippen LogP contribution in [-0.2, 0) is 0 Å². The predicted molar refractivity (Wildman–Crippen MR) is 85.1 cm³/mol. The van der Waals surface area contributed by atoms with Crippen LogP contribution >= 0.6 is 0 Å². The van der Waals surface area contributed by atoms with Crippen LogP contribution in [0.5, 0.6) is 0 Å². The number of rotatable bonds is 6. The van der Waals surface area contributed by atoms with Gasteiger partial charge in [0.2, 0.25) is 0 Å². The molecule has 0 aromatic carbocycles. The Morgan fingerprint density at radius 3 is 2.21 bits per heavy atom. The summed E-state index contributed by atoms with van der Waals surface area (Å²) in [5, 5.41) is 0. The van der Waals surface area contributed by atoms with E-state index in [1.165, 1.54) is 45.3 Å². The summed E-state index contributed by atoms with van der Waals surface area (Å²) in [6.07, 6.45) is 7.52. The molecule has 0 saturated carbocycles. The summed E-state index contributed by atoms with van der Waals surface area (Å²) in [6, 6.07) is 0. The smallest absolute Gasteiger partial charge is 0.0217 e. The van der Waals surface area contributed by atoms with E-state index < -0.39 is 0 Å². The Labute approximate surface area is 121 Å². The number of nitrogens with zero attached hydrogens (tertiary/aromatic N) is 1. The second kappa shape index (κ2) is 9.43. The van der Waals surface area contributed by atoms with E-state index in [4.69, 9.17) is 0 Å². The molecule has 1 heteroatoms. The van der Waals surface area contributed by atoms with Crippen LogP contribution in [0.1, 0.15) is 66.2 Å². The highest BCUT2D eigenvalue weighted by Crippen LogP contribution is 2.24. The molecule has 1 fully saturated rings. The molecule has 1 heterocycles. The van der Waals surface area contributed by atoms with Gasteiger partial charge < -0.3 is 4.90 Å². The van der Waals surface area contributed by atoms with Gasteiger partial charge in [-0.25, -0.2) is 0 Å². The molecule has 1 rings (SSSR count). The highest BCUT2D eigenvalue weighted by atomic mass is 15.1. The molecule has 0 N–H and O–H groups in total. The molecule has 0 amide bonds. The lowest BCUT2D eigenvalue weighted by molar-refractivity contribution is 0.161. The van der Waals surface area contributed by atoms with Crippen LogP contribution in [0.3, 0.4) is 0 Å². The Balaban J connectivity index is 2.03. The monoisotopic (exact) mass is 263 g/mol. The lowest BCUT2D eigenvalue weighted by Crippen LogP contribution is -2.35. The number of hydrogen-bond acceptors (Lipinski definition) is 1. The van der Waals surface area contributed by atoms with Crippen molar-refractivity contribution in [1.29, 1.82) is 0 Å². The molecule has 1 aliphatic heterocycles. The van der Waals surface area contributed by atoms with Gasteiger partial charge >= 0.3 is 0 Å². The number of likely N-dealkylation sites (tertiary alicyclic amines) is 1. The summed E-state index contributed by atoms with van der Waals surface area (Å²) >= 11 is 0. The molecule has 0 aliphatic carbocycles. The van der Waals surface area contributed by atoms with E-state index in [0.717, 1.165) is 30.6 Å². The van der Waals surface area contributed by atoms with Gasteiger partial charge in [-0.2, -0.15) is 0 Å². The second-order valence-corrected chi connectivity index (χ2v) is 6.81. The molecule has 1 saturated heterocycles. The SMILES string of the molecule is CC(C)CCCC#CCCN1CCC(C(C)C)CC1. The van der Waals surface area contributed by atoms with Crippen LogP contribution < -0.4 is 0 Å². The van der Waals surface area contributed by atoms with Gasteiger partial charge in [0, 0.05) is 19.4 Å². The van der Waals surface area contributed by atoms with E-state index in [1.54, 1.807) is 0 Å². The fraction of sp³-hybridized carbons (Fsp3) is 0.889. The molecule has 1 aliphatic rings.